The molecule has 4 heteroatoms. The predicted molar refractivity (Wildman–Crippen MR) is 82.7 cm³/mol. The zero-order valence-electron chi connectivity index (χ0n) is 13.2. The predicted octanol–water partition coefficient (Wildman–Crippen LogP) is 3.33. The number of rotatable bonds is 8. The minimum Gasteiger partial charge on any atom is -0.469 e. The molecule has 0 fully saturated rings. The van der Waals surface area contributed by atoms with Crippen LogP contribution in [-0.4, -0.2) is 30.4 Å². The van der Waals surface area contributed by atoms with Crippen molar-refractivity contribution in [3.63, 3.8) is 0 Å². The molecule has 4 nitrogen and oxygen atoms in total. The first-order valence-corrected chi connectivity index (χ1v) is 7.51. The summed E-state index contributed by atoms with van der Waals surface area (Å²) in [6.45, 7) is 4.45. The Labute approximate surface area is 127 Å². The van der Waals surface area contributed by atoms with Gasteiger partial charge in [0.2, 0.25) is 5.91 Å². The number of esters is 1. The molecule has 0 radical (unpaired) electrons. The molecule has 0 aromatic heterocycles. The lowest BCUT2D eigenvalue weighted by Crippen LogP contribution is -2.35. The fourth-order valence-electron chi connectivity index (χ4n) is 2.23. The summed E-state index contributed by atoms with van der Waals surface area (Å²) in [6.07, 6.45) is 2.60. The maximum Gasteiger partial charge on any atom is 0.307 e. The molecule has 1 atom stereocenters. The average molecular weight is 291 g/mol. The van der Waals surface area contributed by atoms with Crippen molar-refractivity contribution in [2.75, 3.05) is 13.7 Å². The number of methoxy groups -OCH3 is 1. The summed E-state index contributed by atoms with van der Waals surface area (Å²) < 4.78 is 4.67. The van der Waals surface area contributed by atoms with Crippen LogP contribution in [0, 0.1) is 0 Å². The third-order valence-corrected chi connectivity index (χ3v) is 3.60. The molecule has 0 aliphatic carbocycles. The highest BCUT2D eigenvalue weighted by atomic mass is 16.5. The van der Waals surface area contributed by atoms with Crippen LogP contribution < -0.4 is 0 Å². The molecule has 21 heavy (non-hydrogen) atoms. The van der Waals surface area contributed by atoms with E-state index >= 15 is 0 Å². The molecular weight excluding hydrogens is 266 g/mol. The average Bonchev–Trinajstić information content (AvgIpc) is 2.53. The Kier molecular flexibility index (Phi) is 7.51. The summed E-state index contributed by atoms with van der Waals surface area (Å²) in [5, 5.41) is 0. The van der Waals surface area contributed by atoms with Crippen molar-refractivity contribution in [2.24, 2.45) is 0 Å². The van der Waals surface area contributed by atoms with Crippen LogP contribution in [0.1, 0.15) is 51.1 Å². The van der Waals surface area contributed by atoms with Gasteiger partial charge in [-0.15, -0.1) is 0 Å². The van der Waals surface area contributed by atoms with Crippen LogP contribution in [0.2, 0.25) is 0 Å². The van der Waals surface area contributed by atoms with E-state index in [1.165, 1.54) is 7.11 Å². The lowest BCUT2D eigenvalue weighted by atomic mass is 10.1. The second-order valence-electron chi connectivity index (χ2n) is 5.10. The minimum absolute atomic E-state index is 0.0415. The summed E-state index contributed by atoms with van der Waals surface area (Å²) >= 11 is 0. The Balaban J connectivity index is 2.79. The van der Waals surface area contributed by atoms with Crippen molar-refractivity contribution in [2.45, 2.75) is 45.6 Å². The molecule has 1 rings (SSSR count). The number of carbonyl (C=O) groups excluding carboxylic acids is 2. The SMILES string of the molecule is CCCCC(=O)N(CCC(=O)OC)C(C)c1ccccc1. The smallest absolute Gasteiger partial charge is 0.307 e. The van der Waals surface area contributed by atoms with E-state index in [1.807, 2.05) is 37.3 Å². The summed E-state index contributed by atoms with van der Waals surface area (Å²) in [6, 6.07) is 9.83. The normalized spacial score (nSPS) is 11.8. The van der Waals surface area contributed by atoms with Gasteiger partial charge in [-0.2, -0.15) is 0 Å². The molecule has 1 amide bonds. The van der Waals surface area contributed by atoms with E-state index in [2.05, 4.69) is 11.7 Å². The van der Waals surface area contributed by atoms with Crippen LogP contribution in [0.25, 0.3) is 0 Å². The van der Waals surface area contributed by atoms with E-state index in [0.717, 1.165) is 18.4 Å². The van der Waals surface area contributed by atoms with Crippen LogP contribution in [0.3, 0.4) is 0 Å². The Morgan fingerprint density at radius 3 is 2.43 bits per heavy atom. The van der Waals surface area contributed by atoms with Crippen molar-refractivity contribution >= 4 is 11.9 Å². The van der Waals surface area contributed by atoms with Gasteiger partial charge in [-0.05, 0) is 18.9 Å². The van der Waals surface area contributed by atoms with Gasteiger partial charge in [0, 0.05) is 13.0 Å². The van der Waals surface area contributed by atoms with E-state index in [9.17, 15) is 9.59 Å². The molecule has 0 heterocycles. The van der Waals surface area contributed by atoms with Crippen LogP contribution in [-0.2, 0) is 14.3 Å². The maximum atomic E-state index is 12.4. The van der Waals surface area contributed by atoms with Crippen LogP contribution >= 0.6 is 0 Å². The molecule has 0 N–H and O–H groups in total. The molecule has 0 saturated carbocycles. The molecule has 0 saturated heterocycles. The number of amides is 1. The summed E-state index contributed by atoms with van der Waals surface area (Å²) in [7, 11) is 1.37. The van der Waals surface area contributed by atoms with Gasteiger partial charge in [0.25, 0.3) is 0 Å². The number of nitrogens with zero attached hydrogens (tertiary/aromatic N) is 1. The lowest BCUT2D eigenvalue weighted by Gasteiger charge is -2.29. The molecule has 1 unspecified atom stereocenters. The van der Waals surface area contributed by atoms with Crippen molar-refractivity contribution in [1.29, 1.82) is 0 Å². The third kappa shape index (κ3) is 5.58. The summed E-state index contributed by atoms with van der Waals surface area (Å²) in [5.74, 6) is -0.194. The van der Waals surface area contributed by atoms with Gasteiger partial charge in [0.15, 0.2) is 0 Å². The van der Waals surface area contributed by atoms with Gasteiger partial charge in [-0.1, -0.05) is 43.7 Å². The van der Waals surface area contributed by atoms with E-state index in [-0.39, 0.29) is 24.3 Å². The number of carbonyl (C=O) groups is 2. The number of hydrogen-bond acceptors (Lipinski definition) is 3. The number of ether oxygens (including phenoxy) is 1. The van der Waals surface area contributed by atoms with Crippen LogP contribution in [0.15, 0.2) is 30.3 Å². The molecule has 1 aromatic carbocycles. The van der Waals surface area contributed by atoms with Gasteiger partial charge in [-0.25, -0.2) is 0 Å². The molecular formula is C17H25NO3. The van der Waals surface area contributed by atoms with Gasteiger partial charge < -0.3 is 9.64 Å². The second kappa shape index (κ2) is 9.16. The van der Waals surface area contributed by atoms with E-state index in [1.54, 1.807) is 4.90 Å². The fraction of sp³-hybridized carbons (Fsp3) is 0.529. The van der Waals surface area contributed by atoms with E-state index in [4.69, 9.17) is 0 Å². The quantitative estimate of drug-likeness (QED) is 0.690. The number of hydrogen-bond donors (Lipinski definition) is 0. The number of unbranched alkanes of at least 4 members (excludes halogenated alkanes) is 1. The Morgan fingerprint density at radius 2 is 1.86 bits per heavy atom. The van der Waals surface area contributed by atoms with Crippen molar-refractivity contribution in [3.8, 4) is 0 Å². The second-order valence-corrected chi connectivity index (χ2v) is 5.10. The first-order valence-electron chi connectivity index (χ1n) is 7.51. The monoisotopic (exact) mass is 291 g/mol. The molecule has 1 aromatic rings. The van der Waals surface area contributed by atoms with Crippen molar-refractivity contribution in [1.82, 2.24) is 4.90 Å². The highest BCUT2D eigenvalue weighted by Gasteiger charge is 2.21. The van der Waals surface area contributed by atoms with E-state index in [0.29, 0.717) is 13.0 Å². The third-order valence-electron chi connectivity index (χ3n) is 3.60. The maximum absolute atomic E-state index is 12.4. The molecule has 116 valence electrons. The van der Waals surface area contributed by atoms with Crippen molar-refractivity contribution < 1.29 is 14.3 Å². The summed E-state index contributed by atoms with van der Waals surface area (Å²) in [4.78, 5) is 25.5. The lowest BCUT2D eigenvalue weighted by molar-refractivity contribution is -0.142. The Morgan fingerprint density at radius 1 is 1.19 bits per heavy atom. The Bertz CT molecular complexity index is 445. The molecule has 0 spiro atoms. The van der Waals surface area contributed by atoms with Gasteiger partial charge in [0.1, 0.15) is 0 Å². The first-order chi connectivity index (χ1) is 10.1. The van der Waals surface area contributed by atoms with Gasteiger partial charge >= 0.3 is 5.97 Å². The van der Waals surface area contributed by atoms with Gasteiger partial charge in [0.05, 0.1) is 19.6 Å². The van der Waals surface area contributed by atoms with Crippen LogP contribution in [0.5, 0.6) is 0 Å². The summed E-state index contributed by atoms with van der Waals surface area (Å²) in [5.41, 5.74) is 1.08. The standard InChI is InChI=1S/C17H25NO3/c1-4-5-11-16(19)18(13-12-17(20)21-3)14(2)15-9-7-6-8-10-15/h6-10,14H,4-5,11-13H2,1-3H3. The zero-order valence-corrected chi connectivity index (χ0v) is 13.2. The van der Waals surface area contributed by atoms with Crippen molar-refractivity contribution in [3.05, 3.63) is 35.9 Å². The minimum atomic E-state index is -0.288. The highest BCUT2D eigenvalue weighted by Crippen LogP contribution is 2.21. The number of benzene rings is 1. The fourth-order valence-corrected chi connectivity index (χ4v) is 2.23. The highest BCUT2D eigenvalue weighted by molar-refractivity contribution is 5.77. The van der Waals surface area contributed by atoms with E-state index < -0.39 is 0 Å². The van der Waals surface area contributed by atoms with Crippen LogP contribution in [0.4, 0.5) is 0 Å². The zero-order chi connectivity index (χ0) is 15.7. The topological polar surface area (TPSA) is 46.6 Å². The molecule has 0 aliphatic heterocycles. The Hall–Kier alpha value is -1.84. The largest absolute Gasteiger partial charge is 0.469 e. The first kappa shape index (κ1) is 17.2. The molecule has 0 aliphatic rings. The molecule has 0 bridgehead atoms. The van der Waals surface area contributed by atoms with Gasteiger partial charge in [-0.3, -0.25) is 9.59 Å².